The summed E-state index contributed by atoms with van der Waals surface area (Å²) in [6.07, 6.45) is 4.32. The summed E-state index contributed by atoms with van der Waals surface area (Å²) in [6, 6.07) is 0. The predicted octanol–water partition coefficient (Wildman–Crippen LogP) is 0.633. The minimum atomic E-state index is -1.12. The number of esters is 1. The molecule has 7 nitrogen and oxygen atoms in total. The molecule has 27 heavy (non-hydrogen) atoms. The van der Waals surface area contributed by atoms with Crippen LogP contribution in [0.5, 0.6) is 0 Å². The molecular formula is C20H32O7. The molecule has 3 N–H and O–H groups in total. The molecule has 2 saturated heterocycles. The Labute approximate surface area is 160 Å². The van der Waals surface area contributed by atoms with E-state index in [0.717, 1.165) is 18.8 Å². The van der Waals surface area contributed by atoms with Gasteiger partial charge in [-0.1, -0.05) is 19.3 Å². The summed E-state index contributed by atoms with van der Waals surface area (Å²) in [5, 5.41) is 29.6. The fraction of sp³-hybridized carbons (Fsp3) is 0.950. The molecule has 2 saturated carbocycles. The third-order valence-corrected chi connectivity index (χ3v) is 7.22. The molecule has 0 spiro atoms. The van der Waals surface area contributed by atoms with Gasteiger partial charge in [0, 0.05) is 0 Å². The highest BCUT2D eigenvalue weighted by Gasteiger charge is 2.48. The van der Waals surface area contributed by atoms with Gasteiger partial charge in [0.25, 0.3) is 0 Å². The van der Waals surface area contributed by atoms with Gasteiger partial charge >= 0.3 is 5.97 Å². The van der Waals surface area contributed by atoms with Crippen LogP contribution >= 0.6 is 0 Å². The quantitative estimate of drug-likeness (QED) is 0.611. The largest absolute Gasteiger partial charge is 0.462 e. The molecule has 2 heterocycles. The number of ether oxygens (including phenoxy) is 3. The summed E-state index contributed by atoms with van der Waals surface area (Å²) in [5.74, 6) is 1.24. The minimum absolute atomic E-state index is 0.00345. The van der Waals surface area contributed by atoms with Gasteiger partial charge in [-0.2, -0.15) is 0 Å². The molecule has 0 aromatic heterocycles. The van der Waals surface area contributed by atoms with Crippen molar-refractivity contribution < 1.29 is 34.3 Å². The lowest BCUT2D eigenvalue weighted by Gasteiger charge is -2.48. The Bertz CT molecular complexity index is 526. The highest BCUT2D eigenvalue weighted by Crippen LogP contribution is 2.48. The van der Waals surface area contributed by atoms with Crippen molar-refractivity contribution in [3.8, 4) is 0 Å². The van der Waals surface area contributed by atoms with Crippen LogP contribution in [0.3, 0.4) is 0 Å². The van der Waals surface area contributed by atoms with Crippen molar-refractivity contribution in [1.82, 2.24) is 0 Å². The molecule has 8 unspecified atom stereocenters. The fourth-order valence-electron chi connectivity index (χ4n) is 5.76. The van der Waals surface area contributed by atoms with Gasteiger partial charge in [0.2, 0.25) is 0 Å². The zero-order valence-corrected chi connectivity index (χ0v) is 15.7. The number of carbonyl (C=O) groups excluding carboxylic acids is 1. The van der Waals surface area contributed by atoms with Gasteiger partial charge in [-0.05, 0) is 43.4 Å². The molecule has 2 aliphatic carbocycles. The topological polar surface area (TPSA) is 105 Å². The molecule has 4 fully saturated rings. The van der Waals surface area contributed by atoms with Crippen molar-refractivity contribution in [2.24, 2.45) is 23.7 Å². The maximum Gasteiger partial charge on any atom is 0.311 e. The average Bonchev–Trinajstić information content (AvgIpc) is 2.68. The monoisotopic (exact) mass is 384 g/mol. The van der Waals surface area contributed by atoms with Gasteiger partial charge in [0.15, 0.2) is 0 Å². The highest BCUT2D eigenvalue weighted by molar-refractivity contribution is 5.73. The molecule has 0 aromatic carbocycles. The van der Waals surface area contributed by atoms with Gasteiger partial charge in [0.1, 0.15) is 30.5 Å². The molecule has 4 aliphatic rings. The van der Waals surface area contributed by atoms with Gasteiger partial charge < -0.3 is 29.5 Å². The summed E-state index contributed by atoms with van der Waals surface area (Å²) in [6.45, 7) is -0.223. The first kappa shape index (κ1) is 19.6. The average molecular weight is 384 g/mol. The van der Waals surface area contributed by atoms with Crippen molar-refractivity contribution in [3.05, 3.63) is 0 Å². The van der Waals surface area contributed by atoms with E-state index < -0.39 is 24.4 Å². The Morgan fingerprint density at radius 1 is 1.07 bits per heavy atom. The second-order valence-electron chi connectivity index (χ2n) is 8.77. The standard InChI is InChI=1S/C20H32O7/c21-8-17-18(23)19(15(22)10-25-17)26-9-12-7-14-13-4-2-1-3-11(13)5-6-16(14)27-20(12)24/h11-19,21-23H,1-10H2/t11?,12?,13?,14?,15-,16?,17?,18?,19?/m0/s1. The summed E-state index contributed by atoms with van der Waals surface area (Å²) >= 11 is 0. The number of carbonyl (C=O) groups is 1. The zero-order valence-electron chi connectivity index (χ0n) is 15.7. The lowest BCUT2D eigenvalue weighted by molar-refractivity contribution is -0.219. The third kappa shape index (κ3) is 3.90. The Balaban J connectivity index is 1.38. The SMILES string of the molecule is O=C1OC2CCC3CCCCC3C2CC1COC1C(O)C(CO)OC[C@@H]1O. The Kier molecular flexibility index (Phi) is 6.04. The van der Waals surface area contributed by atoms with E-state index in [4.69, 9.17) is 14.2 Å². The maximum atomic E-state index is 12.5. The van der Waals surface area contributed by atoms with Crippen molar-refractivity contribution in [2.45, 2.75) is 75.5 Å². The van der Waals surface area contributed by atoms with E-state index in [0.29, 0.717) is 11.8 Å². The lowest BCUT2D eigenvalue weighted by Crippen LogP contribution is -2.56. The Morgan fingerprint density at radius 3 is 2.70 bits per heavy atom. The molecule has 154 valence electrons. The maximum absolute atomic E-state index is 12.5. The van der Waals surface area contributed by atoms with Gasteiger partial charge in [0.05, 0.1) is 25.7 Å². The first-order valence-corrected chi connectivity index (χ1v) is 10.5. The van der Waals surface area contributed by atoms with Crippen LogP contribution in [0.25, 0.3) is 0 Å². The van der Waals surface area contributed by atoms with E-state index in [2.05, 4.69) is 0 Å². The van der Waals surface area contributed by atoms with Crippen LogP contribution in [0, 0.1) is 23.7 Å². The molecule has 0 aromatic rings. The van der Waals surface area contributed by atoms with Crippen LogP contribution in [0.4, 0.5) is 0 Å². The molecule has 9 atom stereocenters. The van der Waals surface area contributed by atoms with Crippen LogP contribution in [0.15, 0.2) is 0 Å². The van der Waals surface area contributed by atoms with Crippen LogP contribution < -0.4 is 0 Å². The zero-order chi connectivity index (χ0) is 19.0. The number of hydrogen-bond donors (Lipinski definition) is 3. The lowest BCUT2D eigenvalue weighted by atomic mass is 9.62. The number of aliphatic hydroxyl groups excluding tert-OH is 3. The smallest absolute Gasteiger partial charge is 0.311 e. The van der Waals surface area contributed by atoms with E-state index in [1.54, 1.807) is 0 Å². The molecular weight excluding hydrogens is 352 g/mol. The normalized spacial score (nSPS) is 47.7. The van der Waals surface area contributed by atoms with Crippen molar-refractivity contribution in [2.75, 3.05) is 19.8 Å². The Hall–Kier alpha value is -0.730. The number of aliphatic hydroxyl groups is 3. The molecule has 7 heteroatoms. The highest BCUT2D eigenvalue weighted by atomic mass is 16.6. The number of hydrogen-bond acceptors (Lipinski definition) is 7. The van der Waals surface area contributed by atoms with Gasteiger partial charge in [-0.15, -0.1) is 0 Å². The number of fused-ring (bicyclic) bond motifs is 3. The molecule has 4 rings (SSSR count). The Morgan fingerprint density at radius 2 is 1.89 bits per heavy atom. The van der Waals surface area contributed by atoms with Crippen molar-refractivity contribution in [3.63, 3.8) is 0 Å². The minimum Gasteiger partial charge on any atom is -0.462 e. The van der Waals surface area contributed by atoms with E-state index in [1.165, 1.54) is 32.1 Å². The van der Waals surface area contributed by atoms with Crippen LogP contribution in [0.2, 0.25) is 0 Å². The second kappa shape index (κ2) is 8.33. The molecule has 0 amide bonds. The first-order chi connectivity index (χ1) is 13.1. The van der Waals surface area contributed by atoms with Gasteiger partial charge in [-0.25, -0.2) is 0 Å². The first-order valence-electron chi connectivity index (χ1n) is 10.5. The van der Waals surface area contributed by atoms with Crippen LogP contribution in [0.1, 0.15) is 44.9 Å². The summed E-state index contributed by atoms with van der Waals surface area (Å²) in [5.41, 5.74) is 0. The fourth-order valence-corrected chi connectivity index (χ4v) is 5.76. The third-order valence-electron chi connectivity index (χ3n) is 7.22. The number of rotatable bonds is 4. The predicted molar refractivity (Wildman–Crippen MR) is 94.7 cm³/mol. The molecule has 0 bridgehead atoms. The second-order valence-corrected chi connectivity index (χ2v) is 8.77. The van der Waals surface area contributed by atoms with Crippen LogP contribution in [-0.2, 0) is 19.0 Å². The van der Waals surface area contributed by atoms with Crippen molar-refractivity contribution in [1.29, 1.82) is 0 Å². The van der Waals surface area contributed by atoms with E-state index in [-0.39, 0.29) is 37.8 Å². The van der Waals surface area contributed by atoms with Crippen molar-refractivity contribution >= 4 is 5.97 Å². The molecule has 0 radical (unpaired) electrons. The van der Waals surface area contributed by atoms with E-state index >= 15 is 0 Å². The van der Waals surface area contributed by atoms with E-state index in [1.807, 2.05) is 0 Å². The van der Waals surface area contributed by atoms with Crippen LogP contribution in [-0.4, -0.2) is 71.6 Å². The summed E-state index contributed by atoms with van der Waals surface area (Å²) < 4.78 is 16.8. The van der Waals surface area contributed by atoms with E-state index in [9.17, 15) is 20.1 Å². The van der Waals surface area contributed by atoms with Gasteiger partial charge in [-0.3, -0.25) is 4.79 Å². The summed E-state index contributed by atoms with van der Waals surface area (Å²) in [7, 11) is 0. The summed E-state index contributed by atoms with van der Waals surface area (Å²) in [4.78, 5) is 12.5. The molecule has 2 aliphatic heterocycles.